The van der Waals surface area contributed by atoms with E-state index in [4.69, 9.17) is 9.05 Å². The van der Waals surface area contributed by atoms with Crippen molar-refractivity contribution in [1.29, 1.82) is 0 Å². The minimum Gasteiger partial charge on any atom is -0.394 e. The molecule has 0 amide bonds. The molecule has 1 aliphatic heterocycles. The van der Waals surface area contributed by atoms with E-state index in [0.29, 0.717) is 23.3 Å². The maximum Gasteiger partial charge on any atom is 0.584 e. The van der Waals surface area contributed by atoms with Crippen molar-refractivity contribution in [3.8, 4) is 33.8 Å². The number of phosphoric acid groups is 1. The summed E-state index contributed by atoms with van der Waals surface area (Å²) in [6.07, 6.45) is 3.63. The van der Waals surface area contributed by atoms with Crippen molar-refractivity contribution in [2.24, 2.45) is 0 Å². The van der Waals surface area contributed by atoms with E-state index >= 15 is 0 Å². The van der Waals surface area contributed by atoms with E-state index in [2.05, 4.69) is 132 Å². The molecule has 4 aromatic rings. The summed E-state index contributed by atoms with van der Waals surface area (Å²) >= 11 is 0. The van der Waals surface area contributed by atoms with Crippen LogP contribution in [0.2, 0.25) is 0 Å². The van der Waals surface area contributed by atoms with E-state index < -0.39 is 7.82 Å². The second-order valence-electron chi connectivity index (χ2n) is 17.8. The molecular formula is C47H59O4P. The third kappa shape index (κ3) is 5.88. The highest BCUT2D eigenvalue weighted by atomic mass is 31.2. The Balaban J connectivity index is 1.56. The highest BCUT2D eigenvalue weighted by Crippen LogP contribution is 2.66. The Labute approximate surface area is 313 Å². The van der Waals surface area contributed by atoms with Crippen molar-refractivity contribution >= 4 is 7.82 Å². The third-order valence-corrected chi connectivity index (χ3v) is 13.1. The third-order valence-electron chi connectivity index (χ3n) is 12.3. The van der Waals surface area contributed by atoms with Gasteiger partial charge in [0.15, 0.2) is 0 Å². The van der Waals surface area contributed by atoms with Gasteiger partial charge >= 0.3 is 7.82 Å². The summed E-state index contributed by atoms with van der Waals surface area (Å²) in [5, 5.41) is 0. The summed E-state index contributed by atoms with van der Waals surface area (Å²) in [5.74, 6) is 2.85. The number of benzene rings is 4. The molecule has 1 spiro atoms. The van der Waals surface area contributed by atoms with Crippen LogP contribution >= 0.6 is 7.82 Å². The van der Waals surface area contributed by atoms with E-state index in [1.807, 2.05) is 0 Å². The van der Waals surface area contributed by atoms with Crippen LogP contribution in [0.1, 0.15) is 187 Å². The number of aryl methyl sites for hydroxylation is 2. The van der Waals surface area contributed by atoms with Gasteiger partial charge in [-0.2, -0.15) is 0 Å². The molecule has 0 saturated carbocycles. The molecule has 5 heteroatoms. The van der Waals surface area contributed by atoms with Gasteiger partial charge in [-0.25, -0.2) is 4.57 Å². The fourth-order valence-corrected chi connectivity index (χ4v) is 10.4. The first kappa shape index (κ1) is 37.0. The first-order valence-electron chi connectivity index (χ1n) is 19.9. The molecule has 1 N–H and O–H groups in total. The molecule has 2 aliphatic carbocycles. The van der Waals surface area contributed by atoms with E-state index in [0.717, 1.165) is 59.1 Å². The van der Waals surface area contributed by atoms with Crippen LogP contribution in [-0.2, 0) is 22.8 Å². The Hall–Kier alpha value is -3.33. The summed E-state index contributed by atoms with van der Waals surface area (Å²) in [6, 6.07) is 18.3. The van der Waals surface area contributed by atoms with Crippen molar-refractivity contribution in [3.05, 3.63) is 104 Å². The van der Waals surface area contributed by atoms with E-state index in [9.17, 15) is 9.46 Å². The van der Waals surface area contributed by atoms with Crippen LogP contribution in [0.25, 0.3) is 22.3 Å². The molecule has 0 atom stereocenters. The second-order valence-corrected chi connectivity index (χ2v) is 19.1. The molecule has 0 fully saturated rings. The molecule has 0 bridgehead atoms. The van der Waals surface area contributed by atoms with Crippen LogP contribution in [0.4, 0.5) is 0 Å². The molecule has 0 unspecified atom stereocenters. The average Bonchev–Trinajstić information content (AvgIpc) is 3.63. The van der Waals surface area contributed by atoms with E-state index in [1.54, 1.807) is 0 Å². The standard InChI is InChI=1S/C47H59O4P/c1-25(2)33-21-37(27(5)6)41(38(22-33)28(7)8)35-15-13-31-17-19-47-20-18-32-14-16-36(46(44(32)47)51-52(48,49)50-45(35)43(31)47)42-39(29(9)10)23-34(26(3)4)24-40(42)30(11)12/h13-16,21-30H,17-20H2,1-12H3,(H,48,49). The molecule has 4 nitrogen and oxygen atoms in total. The zero-order valence-electron chi connectivity index (χ0n) is 33.5. The van der Waals surface area contributed by atoms with Crippen LogP contribution < -0.4 is 9.05 Å². The summed E-state index contributed by atoms with van der Waals surface area (Å²) in [6.45, 7) is 27.0. The van der Waals surface area contributed by atoms with E-state index in [-0.39, 0.29) is 29.1 Å². The summed E-state index contributed by atoms with van der Waals surface area (Å²) in [7, 11) is -4.66. The molecule has 1 heterocycles. The summed E-state index contributed by atoms with van der Waals surface area (Å²) in [5.41, 5.74) is 16.0. The highest BCUT2D eigenvalue weighted by Gasteiger charge is 2.53. The van der Waals surface area contributed by atoms with Gasteiger partial charge in [0, 0.05) is 27.7 Å². The predicted octanol–water partition coefficient (Wildman–Crippen LogP) is 13.8. The summed E-state index contributed by atoms with van der Waals surface area (Å²) in [4.78, 5) is 12.0. The van der Waals surface area contributed by atoms with Crippen molar-refractivity contribution < 1.29 is 18.5 Å². The lowest BCUT2D eigenvalue weighted by atomic mass is 9.73. The van der Waals surface area contributed by atoms with Crippen molar-refractivity contribution in [3.63, 3.8) is 0 Å². The maximum atomic E-state index is 14.6. The zero-order valence-corrected chi connectivity index (χ0v) is 34.4. The van der Waals surface area contributed by atoms with Crippen molar-refractivity contribution in [2.75, 3.05) is 0 Å². The van der Waals surface area contributed by atoms with Crippen LogP contribution in [0.15, 0.2) is 48.5 Å². The van der Waals surface area contributed by atoms with Crippen LogP contribution in [0, 0.1) is 0 Å². The predicted molar refractivity (Wildman–Crippen MR) is 217 cm³/mol. The summed E-state index contributed by atoms with van der Waals surface area (Å²) < 4.78 is 27.7. The van der Waals surface area contributed by atoms with Crippen molar-refractivity contribution in [1.82, 2.24) is 0 Å². The monoisotopic (exact) mass is 718 g/mol. The van der Waals surface area contributed by atoms with Gasteiger partial charge in [0.25, 0.3) is 0 Å². The second kappa shape index (κ2) is 13.2. The van der Waals surface area contributed by atoms with Gasteiger partial charge in [-0.15, -0.1) is 0 Å². The molecule has 4 aromatic carbocycles. The Morgan fingerprint density at radius 1 is 0.538 bits per heavy atom. The zero-order chi connectivity index (χ0) is 37.6. The van der Waals surface area contributed by atoms with Gasteiger partial charge in [0.2, 0.25) is 0 Å². The molecule has 0 saturated heterocycles. The fraction of sp³-hybridized carbons (Fsp3) is 0.489. The molecule has 7 rings (SSSR count). The Morgan fingerprint density at radius 3 is 1.15 bits per heavy atom. The van der Waals surface area contributed by atoms with Gasteiger partial charge in [0.1, 0.15) is 11.5 Å². The normalized spacial score (nSPS) is 16.8. The highest BCUT2D eigenvalue weighted by molar-refractivity contribution is 7.48. The van der Waals surface area contributed by atoms with Gasteiger partial charge in [-0.3, -0.25) is 4.89 Å². The Morgan fingerprint density at radius 2 is 0.865 bits per heavy atom. The minimum absolute atomic E-state index is 0.250. The van der Waals surface area contributed by atoms with Gasteiger partial charge in [0.05, 0.1) is 0 Å². The van der Waals surface area contributed by atoms with E-state index in [1.165, 1.54) is 44.5 Å². The number of hydrogen-bond acceptors (Lipinski definition) is 3. The molecule has 0 radical (unpaired) electrons. The van der Waals surface area contributed by atoms with Crippen LogP contribution in [0.5, 0.6) is 11.5 Å². The van der Waals surface area contributed by atoms with Crippen LogP contribution in [0.3, 0.4) is 0 Å². The van der Waals surface area contributed by atoms with Gasteiger partial charge in [-0.05, 0) is 117 Å². The smallest absolute Gasteiger partial charge is 0.394 e. The van der Waals surface area contributed by atoms with Gasteiger partial charge < -0.3 is 9.05 Å². The molecule has 0 aromatic heterocycles. The van der Waals surface area contributed by atoms with Crippen LogP contribution in [-0.4, -0.2) is 4.89 Å². The largest absolute Gasteiger partial charge is 0.584 e. The van der Waals surface area contributed by atoms with Gasteiger partial charge in [-0.1, -0.05) is 132 Å². The molecular weight excluding hydrogens is 659 g/mol. The average molecular weight is 719 g/mol. The molecule has 52 heavy (non-hydrogen) atoms. The molecule has 3 aliphatic rings. The maximum absolute atomic E-state index is 14.6. The Kier molecular flexibility index (Phi) is 9.40. The minimum atomic E-state index is -4.66. The first-order chi connectivity index (χ1) is 24.5. The lowest BCUT2D eigenvalue weighted by Crippen LogP contribution is -2.25. The number of rotatable bonds is 8. The van der Waals surface area contributed by atoms with Crippen molar-refractivity contribution in [2.45, 2.75) is 150 Å². The topological polar surface area (TPSA) is 55.8 Å². The lowest BCUT2D eigenvalue weighted by Gasteiger charge is -2.36. The quantitative estimate of drug-likeness (QED) is 0.184. The lowest BCUT2D eigenvalue weighted by molar-refractivity contribution is 0.281. The fourth-order valence-electron chi connectivity index (χ4n) is 9.53. The number of hydrogen-bond donors (Lipinski definition) is 1. The SMILES string of the molecule is CC(C)c1cc(C(C)C)c(-c2ccc3c4c2OP(=O)(O)Oc2c(-c5c(C(C)C)cc(C(C)C)cc5C(C)C)ccc5c2C4(CC3)CC5)c(C(C)C)c1. The Bertz CT molecular complexity index is 1910. The molecule has 276 valence electrons. The number of phosphoric ester groups is 1. The first-order valence-corrected chi connectivity index (χ1v) is 21.4.